The molecule has 0 heterocycles. The number of benzene rings is 1. The molecule has 0 aliphatic heterocycles. The molecule has 15 heavy (non-hydrogen) atoms. The van der Waals surface area contributed by atoms with E-state index in [1.165, 1.54) is 6.08 Å². The van der Waals surface area contributed by atoms with Crippen LogP contribution in [0.5, 0.6) is 5.75 Å². The van der Waals surface area contributed by atoms with Gasteiger partial charge in [0.1, 0.15) is 5.75 Å². The number of hydrogen-bond donors (Lipinski definition) is 1. The number of phenols is 1. The van der Waals surface area contributed by atoms with Gasteiger partial charge in [0, 0.05) is 11.6 Å². The number of allylic oxidation sites excluding steroid dienone is 1. The van der Waals surface area contributed by atoms with E-state index in [0.29, 0.717) is 6.07 Å². The number of aromatic hydroxyl groups is 1. The van der Waals surface area contributed by atoms with Crippen molar-refractivity contribution in [1.29, 1.82) is 5.26 Å². The summed E-state index contributed by atoms with van der Waals surface area (Å²) >= 11 is 0. The Morgan fingerprint density at radius 3 is 2.47 bits per heavy atom. The fourth-order valence-corrected chi connectivity index (χ4v) is 0.988. The lowest BCUT2D eigenvalue weighted by Crippen LogP contribution is -2.04. The average Bonchev–Trinajstić information content (AvgIpc) is 2.14. The molecule has 2 nitrogen and oxygen atoms in total. The first kappa shape index (κ1) is 11.1. The van der Waals surface area contributed by atoms with Crippen LogP contribution in [0.4, 0.5) is 13.2 Å². The van der Waals surface area contributed by atoms with E-state index in [0.717, 1.165) is 18.2 Å². The number of halogens is 3. The van der Waals surface area contributed by atoms with Crippen LogP contribution in [0.3, 0.4) is 0 Å². The molecule has 78 valence electrons. The highest BCUT2D eigenvalue weighted by Crippen LogP contribution is 2.32. The van der Waals surface area contributed by atoms with E-state index < -0.39 is 17.5 Å². The second kappa shape index (κ2) is 4.05. The highest BCUT2D eigenvalue weighted by atomic mass is 19.4. The van der Waals surface area contributed by atoms with Crippen molar-refractivity contribution in [1.82, 2.24) is 0 Å². The van der Waals surface area contributed by atoms with Gasteiger partial charge >= 0.3 is 6.18 Å². The van der Waals surface area contributed by atoms with E-state index in [1.807, 2.05) is 0 Å². The van der Waals surface area contributed by atoms with Crippen molar-refractivity contribution >= 4 is 6.08 Å². The van der Waals surface area contributed by atoms with Crippen molar-refractivity contribution in [3.63, 3.8) is 0 Å². The van der Waals surface area contributed by atoms with Crippen LogP contribution in [0.2, 0.25) is 0 Å². The number of hydrogen-bond acceptors (Lipinski definition) is 2. The molecule has 0 aromatic heterocycles. The molecule has 0 bridgehead atoms. The third-order valence-electron chi connectivity index (χ3n) is 1.70. The van der Waals surface area contributed by atoms with E-state index in [-0.39, 0.29) is 5.56 Å². The first-order valence-corrected chi connectivity index (χ1v) is 3.91. The Kier molecular flexibility index (Phi) is 3.00. The van der Waals surface area contributed by atoms with Gasteiger partial charge in [0.2, 0.25) is 0 Å². The SMILES string of the molecule is N#CC=Cc1ccc(C(F)(F)F)cc1O. The molecular weight excluding hydrogens is 207 g/mol. The first-order valence-electron chi connectivity index (χ1n) is 3.91. The molecule has 0 fully saturated rings. The van der Waals surface area contributed by atoms with Crippen LogP contribution in [-0.2, 0) is 6.18 Å². The third kappa shape index (κ3) is 2.74. The predicted octanol–water partition coefficient (Wildman–Crippen LogP) is 2.95. The van der Waals surface area contributed by atoms with E-state index >= 15 is 0 Å². The minimum atomic E-state index is -4.48. The zero-order chi connectivity index (χ0) is 11.5. The van der Waals surface area contributed by atoms with Gasteiger partial charge in [-0.05, 0) is 18.2 Å². The van der Waals surface area contributed by atoms with Gasteiger partial charge in [-0.15, -0.1) is 0 Å². The second-order valence-corrected chi connectivity index (χ2v) is 2.73. The molecule has 1 aromatic carbocycles. The zero-order valence-electron chi connectivity index (χ0n) is 7.42. The molecule has 0 amide bonds. The van der Waals surface area contributed by atoms with Gasteiger partial charge in [0.25, 0.3) is 0 Å². The van der Waals surface area contributed by atoms with Crippen LogP contribution in [0.25, 0.3) is 6.08 Å². The Hall–Kier alpha value is -1.96. The van der Waals surface area contributed by atoms with Crippen LogP contribution < -0.4 is 0 Å². The predicted molar refractivity (Wildman–Crippen MR) is 47.8 cm³/mol. The molecule has 0 saturated heterocycles. The standard InChI is InChI=1S/C10H6F3NO/c11-10(12,13)8-4-3-7(2-1-5-14)9(15)6-8/h1-4,6,15H. The quantitative estimate of drug-likeness (QED) is 0.729. The van der Waals surface area contributed by atoms with E-state index in [9.17, 15) is 18.3 Å². The van der Waals surface area contributed by atoms with Crippen molar-refractivity contribution in [3.8, 4) is 11.8 Å². The van der Waals surface area contributed by atoms with Gasteiger partial charge in [-0.1, -0.05) is 6.07 Å². The highest BCUT2D eigenvalue weighted by Gasteiger charge is 2.30. The van der Waals surface area contributed by atoms with Crippen LogP contribution in [0, 0.1) is 11.3 Å². The monoisotopic (exact) mass is 213 g/mol. The summed E-state index contributed by atoms with van der Waals surface area (Å²) in [4.78, 5) is 0. The zero-order valence-corrected chi connectivity index (χ0v) is 7.42. The lowest BCUT2D eigenvalue weighted by molar-refractivity contribution is -0.137. The maximum Gasteiger partial charge on any atom is 0.416 e. The third-order valence-corrected chi connectivity index (χ3v) is 1.70. The van der Waals surface area contributed by atoms with E-state index in [2.05, 4.69) is 0 Å². The minimum Gasteiger partial charge on any atom is -0.507 e. The van der Waals surface area contributed by atoms with Crippen molar-refractivity contribution in [3.05, 3.63) is 35.4 Å². The fraction of sp³-hybridized carbons (Fsp3) is 0.100. The number of nitrogens with zero attached hydrogens (tertiary/aromatic N) is 1. The summed E-state index contributed by atoms with van der Waals surface area (Å²) in [5, 5.41) is 17.4. The normalized spacial score (nSPS) is 11.6. The van der Waals surface area contributed by atoms with Gasteiger partial charge in [-0.25, -0.2) is 0 Å². The van der Waals surface area contributed by atoms with Crippen molar-refractivity contribution in [2.45, 2.75) is 6.18 Å². The number of alkyl halides is 3. The topological polar surface area (TPSA) is 44.0 Å². The molecule has 0 radical (unpaired) electrons. The van der Waals surface area contributed by atoms with Crippen molar-refractivity contribution < 1.29 is 18.3 Å². The molecular formula is C10H6F3NO. The van der Waals surface area contributed by atoms with Gasteiger partial charge in [-0.3, -0.25) is 0 Å². The summed E-state index contributed by atoms with van der Waals surface area (Å²) in [6.07, 6.45) is -2.17. The van der Waals surface area contributed by atoms with Gasteiger partial charge < -0.3 is 5.11 Å². The highest BCUT2D eigenvalue weighted by molar-refractivity contribution is 5.59. The molecule has 1 rings (SSSR count). The van der Waals surface area contributed by atoms with Gasteiger partial charge in [0.05, 0.1) is 11.6 Å². The Morgan fingerprint density at radius 2 is 2.00 bits per heavy atom. The van der Waals surface area contributed by atoms with Gasteiger partial charge in [-0.2, -0.15) is 18.4 Å². The molecule has 0 saturated carbocycles. The summed E-state index contributed by atoms with van der Waals surface area (Å²) in [6.45, 7) is 0. The summed E-state index contributed by atoms with van der Waals surface area (Å²) in [7, 11) is 0. The maximum absolute atomic E-state index is 12.2. The summed E-state index contributed by atoms with van der Waals surface area (Å²) < 4.78 is 36.5. The number of phenolic OH excluding ortho intramolecular Hbond substituents is 1. The fourth-order valence-electron chi connectivity index (χ4n) is 0.988. The Bertz CT molecular complexity index is 429. The largest absolute Gasteiger partial charge is 0.507 e. The average molecular weight is 213 g/mol. The van der Waals surface area contributed by atoms with Crippen molar-refractivity contribution in [2.75, 3.05) is 0 Å². The lowest BCUT2D eigenvalue weighted by Gasteiger charge is -2.07. The van der Waals surface area contributed by atoms with Crippen LogP contribution in [-0.4, -0.2) is 5.11 Å². The smallest absolute Gasteiger partial charge is 0.416 e. The van der Waals surface area contributed by atoms with Crippen LogP contribution in [0.1, 0.15) is 11.1 Å². The number of rotatable bonds is 1. The molecule has 1 aromatic rings. The van der Waals surface area contributed by atoms with Gasteiger partial charge in [0.15, 0.2) is 0 Å². The van der Waals surface area contributed by atoms with Crippen LogP contribution in [0.15, 0.2) is 24.3 Å². The molecule has 1 N–H and O–H groups in total. The molecule has 0 aliphatic carbocycles. The molecule has 5 heteroatoms. The Balaban J connectivity index is 3.10. The molecule has 0 spiro atoms. The minimum absolute atomic E-state index is 0.171. The van der Waals surface area contributed by atoms with E-state index in [4.69, 9.17) is 5.26 Å². The van der Waals surface area contributed by atoms with E-state index in [1.54, 1.807) is 6.07 Å². The van der Waals surface area contributed by atoms with Crippen molar-refractivity contribution in [2.24, 2.45) is 0 Å². The molecule has 0 atom stereocenters. The lowest BCUT2D eigenvalue weighted by atomic mass is 10.1. The molecule has 0 unspecified atom stereocenters. The first-order chi connectivity index (χ1) is 6.95. The second-order valence-electron chi connectivity index (χ2n) is 2.73. The summed E-state index contributed by atoms with van der Waals surface area (Å²) in [5.74, 6) is -0.503. The summed E-state index contributed by atoms with van der Waals surface area (Å²) in [6, 6.07) is 4.24. The van der Waals surface area contributed by atoms with Crippen LogP contribution >= 0.6 is 0 Å². The number of nitriles is 1. The Labute approximate surface area is 83.9 Å². The summed E-state index contributed by atoms with van der Waals surface area (Å²) in [5.41, 5.74) is -0.751. The molecule has 0 aliphatic rings. The Morgan fingerprint density at radius 1 is 1.33 bits per heavy atom. The maximum atomic E-state index is 12.2.